The Labute approximate surface area is 121 Å². The maximum Gasteiger partial charge on any atom is 0.252 e. The van der Waals surface area contributed by atoms with Crippen LogP contribution in [-0.2, 0) is 11.3 Å². The number of aromatic amines is 1. The van der Waals surface area contributed by atoms with Gasteiger partial charge in [-0.2, -0.15) is 5.26 Å². The van der Waals surface area contributed by atoms with Crippen molar-refractivity contribution in [1.82, 2.24) is 9.55 Å². The van der Waals surface area contributed by atoms with Crippen molar-refractivity contribution in [3.63, 3.8) is 0 Å². The predicted octanol–water partition coefficient (Wildman–Crippen LogP) is 2.09. The summed E-state index contributed by atoms with van der Waals surface area (Å²) in [5.74, 6) is 0. The molecule has 0 saturated heterocycles. The molecule has 0 spiro atoms. The number of benzene rings is 1. The van der Waals surface area contributed by atoms with Crippen LogP contribution < -0.4 is 5.56 Å². The molecule has 5 nitrogen and oxygen atoms in total. The number of methoxy groups -OCH3 is 1. The number of nitrogens with zero attached hydrogens (tertiary/aromatic N) is 2. The number of rotatable bonds is 4. The van der Waals surface area contributed by atoms with Gasteiger partial charge >= 0.3 is 0 Å². The van der Waals surface area contributed by atoms with E-state index in [0.717, 1.165) is 5.56 Å². The van der Waals surface area contributed by atoms with Crippen LogP contribution in [0, 0.1) is 16.1 Å². The summed E-state index contributed by atoms with van der Waals surface area (Å²) in [4.78, 5) is 14.2. The Morgan fingerprint density at radius 2 is 2.25 bits per heavy atom. The van der Waals surface area contributed by atoms with Crippen LogP contribution in [0.25, 0.3) is 11.3 Å². The number of aromatic nitrogens is 2. The van der Waals surface area contributed by atoms with Gasteiger partial charge in [0.25, 0.3) is 5.56 Å². The molecule has 6 heteroatoms. The van der Waals surface area contributed by atoms with Crippen LogP contribution in [0.5, 0.6) is 0 Å². The summed E-state index contributed by atoms with van der Waals surface area (Å²) in [6, 6.07) is 10.6. The highest BCUT2D eigenvalue weighted by molar-refractivity contribution is 7.71. The zero-order chi connectivity index (χ0) is 14.5. The molecule has 1 N–H and O–H groups in total. The second kappa shape index (κ2) is 6.28. The van der Waals surface area contributed by atoms with Crippen molar-refractivity contribution in [3.8, 4) is 17.3 Å². The van der Waals surface area contributed by atoms with E-state index in [0.29, 0.717) is 29.2 Å². The molecule has 0 fully saturated rings. The Morgan fingerprint density at radius 3 is 2.95 bits per heavy atom. The molecule has 2 rings (SSSR count). The van der Waals surface area contributed by atoms with Crippen LogP contribution in [0.15, 0.2) is 35.1 Å². The number of ether oxygens (including phenoxy) is 1. The van der Waals surface area contributed by atoms with Crippen molar-refractivity contribution >= 4 is 12.2 Å². The Hall–Kier alpha value is -2.23. The third-order valence-corrected chi connectivity index (χ3v) is 3.16. The molecule has 1 heterocycles. The minimum atomic E-state index is -0.263. The van der Waals surface area contributed by atoms with Crippen LogP contribution in [0.1, 0.15) is 5.56 Å². The zero-order valence-electron chi connectivity index (χ0n) is 10.9. The Morgan fingerprint density at radius 1 is 1.45 bits per heavy atom. The Kier molecular flexibility index (Phi) is 4.45. The van der Waals surface area contributed by atoms with Crippen molar-refractivity contribution in [2.75, 3.05) is 13.7 Å². The van der Waals surface area contributed by atoms with E-state index in [4.69, 9.17) is 22.2 Å². The average Bonchev–Trinajstić information content (AvgIpc) is 2.45. The van der Waals surface area contributed by atoms with Gasteiger partial charge in [0.2, 0.25) is 0 Å². The molecule has 1 aromatic carbocycles. The molecule has 0 saturated carbocycles. The number of hydrogen-bond acceptors (Lipinski definition) is 4. The van der Waals surface area contributed by atoms with Gasteiger partial charge in [-0.05, 0) is 29.9 Å². The molecule has 0 aliphatic carbocycles. The minimum absolute atomic E-state index is 0.263. The van der Waals surface area contributed by atoms with Gasteiger partial charge in [-0.1, -0.05) is 12.1 Å². The largest absolute Gasteiger partial charge is 0.383 e. The lowest BCUT2D eigenvalue weighted by Gasteiger charge is -2.13. The molecule has 102 valence electrons. The van der Waals surface area contributed by atoms with Crippen molar-refractivity contribution in [2.24, 2.45) is 0 Å². The molecule has 0 unspecified atom stereocenters. The van der Waals surface area contributed by atoms with Gasteiger partial charge in [0.15, 0.2) is 4.77 Å². The minimum Gasteiger partial charge on any atom is -0.383 e. The van der Waals surface area contributed by atoms with E-state index in [1.807, 2.05) is 6.07 Å². The summed E-state index contributed by atoms with van der Waals surface area (Å²) in [5, 5.41) is 8.96. The van der Waals surface area contributed by atoms with Crippen LogP contribution in [0.3, 0.4) is 0 Å². The first-order valence-corrected chi connectivity index (χ1v) is 6.40. The van der Waals surface area contributed by atoms with Gasteiger partial charge in [-0.3, -0.25) is 9.78 Å². The lowest BCUT2D eigenvalue weighted by molar-refractivity contribution is 0.187. The van der Waals surface area contributed by atoms with Crippen LogP contribution in [0.4, 0.5) is 0 Å². The van der Waals surface area contributed by atoms with Gasteiger partial charge < -0.3 is 9.30 Å². The Balaban J connectivity index is 2.62. The number of nitriles is 1. The summed E-state index contributed by atoms with van der Waals surface area (Å²) in [7, 11) is 1.60. The van der Waals surface area contributed by atoms with E-state index in [1.54, 1.807) is 29.9 Å². The third-order valence-electron chi connectivity index (χ3n) is 2.84. The maximum absolute atomic E-state index is 11.6. The van der Waals surface area contributed by atoms with Gasteiger partial charge in [-0.15, -0.1) is 0 Å². The Bertz CT molecular complexity index is 771. The molecule has 0 aliphatic heterocycles. The first-order chi connectivity index (χ1) is 9.65. The quantitative estimate of drug-likeness (QED) is 0.874. The lowest BCUT2D eigenvalue weighted by atomic mass is 10.1. The van der Waals surface area contributed by atoms with Crippen molar-refractivity contribution in [2.45, 2.75) is 6.54 Å². The highest BCUT2D eigenvalue weighted by Crippen LogP contribution is 2.19. The highest BCUT2D eigenvalue weighted by Gasteiger charge is 2.07. The number of nitrogens with one attached hydrogen (secondary N) is 1. The van der Waals surface area contributed by atoms with Crippen molar-refractivity contribution in [3.05, 3.63) is 51.0 Å². The predicted molar refractivity (Wildman–Crippen MR) is 77.9 cm³/mol. The standard InChI is InChI=1S/C14H13N3O2S/c1-19-6-5-17-12(8-13(18)16-14(17)20)11-4-2-3-10(7-11)9-15/h2-4,7-8H,5-6H2,1H3,(H,16,18,20). The van der Waals surface area contributed by atoms with Crippen molar-refractivity contribution in [1.29, 1.82) is 5.26 Å². The molecule has 0 radical (unpaired) electrons. The fourth-order valence-electron chi connectivity index (χ4n) is 1.91. The topological polar surface area (TPSA) is 70.8 Å². The third kappa shape index (κ3) is 3.02. The first kappa shape index (κ1) is 14.2. The van der Waals surface area contributed by atoms with E-state index >= 15 is 0 Å². The van der Waals surface area contributed by atoms with Gasteiger partial charge in [0.05, 0.1) is 23.9 Å². The van der Waals surface area contributed by atoms with E-state index in [-0.39, 0.29) is 5.56 Å². The molecular formula is C14H13N3O2S. The van der Waals surface area contributed by atoms with E-state index in [9.17, 15) is 4.79 Å². The van der Waals surface area contributed by atoms with E-state index in [2.05, 4.69) is 11.1 Å². The lowest BCUT2D eigenvalue weighted by Crippen LogP contribution is -2.16. The zero-order valence-corrected chi connectivity index (χ0v) is 11.7. The fraction of sp³-hybridized carbons (Fsp3) is 0.214. The normalized spacial score (nSPS) is 10.2. The van der Waals surface area contributed by atoms with Gasteiger partial charge in [-0.25, -0.2) is 0 Å². The van der Waals surface area contributed by atoms with E-state index in [1.165, 1.54) is 6.07 Å². The molecular weight excluding hydrogens is 274 g/mol. The maximum atomic E-state index is 11.6. The summed E-state index contributed by atoms with van der Waals surface area (Å²) in [6.45, 7) is 1.00. The highest BCUT2D eigenvalue weighted by atomic mass is 32.1. The molecule has 20 heavy (non-hydrogen) atoms. The summed E-state index contributed by atoms with van der Waals surface area (Å²) in [6.07, 6.45) is 0. The second-order valence-corrected chi connectivity index (χ2v) is 4.55. The van der Waals surface area contributed by atoms with E-state index < -0.39 is 0 Å². The van der Waals surface area contributed by atoms with Crippen LogP contribution >= 0.6 is 12.2 Å². The molecule has 0 atom stereocenters. The summed E-state index contributed by atoms with van der Waals surface area (Å²) < 4.78 is 7.18. The summed E-state index contributed by atoms with van der Waals surface area (Å²) in [5.41, 5.74) is 1.72. The van der Waals surface area contributed by atoms with Crippen LogP contribution in [-0.4, -0.2) is 23.3 Å². The average molecular weight is 287 g/mol. The number of hydrogen-bond donors (Lipinski definition) is 1. The van der Waals surface area contributed by atoms with Crippen molar-refractivity contribution < 1.29 is 4.74 Å². The molecule has 0 aliphatic rings. The summed E-state index contributed by atoms with van der Waals surface area (Å²) >= 11 is 5.19. The first-order valence-electron chi connectivity index (χ1n) is 5.99. The molecule has 2 aromatic rings. The smallest absolute Gasteiger partial charge is 0.252 e. The number of H-pyrrole nitrogens is 1. The van der Waals surface area contributed by atoms with Gasteiger partial charge in [0.1, 0.15) is 0 Å². The molecule has 0 bridgehead atoms. The molecule has 1 aromatic heterocycles. The second-order valence-electron chi connectivity index (χ2n) is 4.16. The fourth-order valence-corrected chi connectivity index (χ4v) is 2.20. The van der Waals surface area contributed by atoms with Gasteiger partial charge in [0, 0.05) is 19.7 Å². The molecule has 0 amide bonds. The SMILES string of the molecule is COCCn1c(-c2cccc(C#N)c2)cc(=O)[nH]c1=S. The monoisotopic (exact) mass is 287 g/mol. The van der Waals surface area contributed by atoms with Crippen LogP contribution in [0.2, 0.25) is 0 Å².